The Balaban J connectivity index is 0.000000332. The summed E-state index contributed by atoms with van der Waals surface area (Å²) in [5.41, 5.74) is 7.38. The Labute approximate surface area is 307 Å². The van der Waals surface area contributed by atoms with E-state index >= 15 is 0 Å². The molecule has 0 spiro atoms. The summed E-state index contributed by atoms with van der Waals surface area (Å²) in [5.74, 6) is 0.104. The van der Waals surface area contributed by atoms with Crippen molar-refractivity contribution in [2.45, 2.75) is 119 Å². The van der Waals surface area contributed by atoms with Gasteiger partial charge in [0.05, 0.1) is 0 Å². The Morgan fingerprint density at radius 3 is 1.98 bits per heavy atom. The van der Waals surface area contributed by atoms with Crippen molar-refractivity contribution in [1.29, 1.82) is 0 Å². The van der Waals surface area contributed by atoms with Crippen molar-refractivity contribution >= 4 is 38.5 Å². The molecule has 49 heavy (non-hydrogen) atoms. The number of aromatic nitrogens is 1. The monoisotopic (exact) mass is 837 g/mol. The van der Waals surface area contributed by atoms with Gasteiger partial charge in [0.15, 0.2) is 5.78 Å². The van der Waals surface area contributed by atoms with Crippen molar-refractivity contribution in [2.24, 2.45) is 10.8 Å². The summed E-state index contributed by atoms with van der Waals surface area (Å²) in [7, 11) is 0. The van der Waals surface area contributed by atoms with Crippen molar-refractivity contribution in [2.75, 3.05) is 0 Å². The normalized spacial score (nSPS) is 16.1. The molecule has 1 aliphatic rings. The minimum absolute atomic E-state index is 0. The topological polar surface area (TPSA) is 63.3 Å². The number of aliphatic hydroxyl groups is 1. The molecule has 0 atom stereocenters. The molecule has 0 bridgehead atoms. The number of furan rings is 1. The van der Waals surface area contributed by atoms with Gasteiger partial charge in [0.25, 0.3) is 0 Å². The van der Waals surface area contributed by atoms with E-state index in [1.807, 2.05) is 47.7 Å². The second-order valence-electron chi connectivity index (χ2n) is 18.1. The zero-order valence-electron chi connectivity index (χ0n) is 31.7. The zero-order valence-corrected chi connectivity index (χ0v) is 34.1. The molecule has 0 saturated carbocycles. The Kier molecular flexibility index (Phi) is 10.3. The van der Waals surface area contributed by atoms with E-state index in [9.17, 15) is 9.90 Å². The van der Waals surface area contributed by atoms with Gasteiger partial charge >= 0.3 is 0 Å². The van der Waals surface area contributed by atoms with E-state index in [-0.39, 0.29) is 53.3 Å². The molecule has 1 N–H and O–H groups in total. The summed E-state index contributed by atoms with van der Waals surface area (Å²) < 4.78 is 6.62. The van der Waals surface area contributed by atoms with Gasteiger partial charge < -0.3 is 9.52 Å². The second kappa shape index (κ2) is 13.1. The van der Waals surface area contributed by atoms with Gasteiger partial charge in [-0.2, -0.15) is 0 Å². The Morgan fingerprint density at radius 2 is 1.41 bits per heavy atom. The molecule has 263 valence electrons. The number of allylic oxidation sites excluding steroid dienone is 2. The molecular weight excluding hydrogens is 783 g/mol. The van der Waals surface area contributed by atoms with Gasteiger partial charge in [0.1, 0.15) is 16.9 Å². The van der Waals surface area contributed by atoms with Gasteiger partial charge in [-0.05, 0) is 58.4 Å². The zero-order chi connectivity index (χ0) is 35.6. The maximum Gasteiger partial charge on any atom is 0.164 e. The first-order valence-corrected chi connectivity index (χ1v) is 17.3. The molecule has 2 aromatic heterocycles. The van der Waals surface area contributed by atoms with Crippen molar-refractivity contribution in [3.05, 3.63) is 89.3 Å². The molecular formula is C44H54IrNO3-. The number of pyridine rings is 1. The first-order chi connectivity index (χ1) is 22.0. The number of fused-ring (bicyclic) bond motifs is 5. The van der Waals surface area contributed by atoms with Crippen molar-refractivity contribution in [1.82, 2.24) is 4.98 Å². The smallest absolute Gasteiger partial charge is 0.164 e. The molecule has 0 fully saturated rings. The van der Waals surface area contributed by atoms with Crippen LogP contribution >= 0.6 is 0 Å². The minimum Gasteiger partial charge on any atom is -0.512 e. The fraction of sp³-hybridized carbons (Fsp3) is 0.455. The van der Waals surface area contributed by atoms with E-state index in [4.69, 9.17) is 9.40 Å². The number of hydrogen-bond acceptors (Lipinski definition) is 4. The first kappa shape index (κ1) is 38.5. The third kappa shape index (κ3) is 7.74. The Hall–Kier alpha value is -3.27. The summed E-state index contributed by atoms with van der Waals surface area (Å²) >= 11 is 0. The molecule has 2 heterocycles. The number of rotatable bonds is 2. The van der Waals surface area contributed by atoms with Crippen molar-refractivity contribution in [3.8, 4) is 11.3 Å². The number of carbonyl (C=O) groups excluding carboxylic acids is 1. The predicted octanol–water partition coefficient (Wildman–Crippen LogP) is 12.3. The number of aliphatic hydroxyl groups excluding tert-OH is 1. The van der Waals surface area contributed by atoms with E-state index in [1.165, 1.54) is 46.4 Å². The average molecular weight is 837 g/mol. The van der Waals surface area contributed by atoms with Crippen LogP contribution in [0.5, 0.6) is 0 Å². The summed E-state index contributed by atoms with van der Waals surface area (Å²) in [6, 6.07) is 21.2. The average Bonchev–Trinajstić information content (AvgIpc) is 3.35. The fourth-order valence-corrected chi connectivity index (χ4v) is 6.49. The maximum atomic E-state index is 11.5. The molecule has 5 heteroatoms. The minimum atomic E-state index is -0.417. The van der Waals surface area contributed by atoms with Crippen LogP contribution in [0.3, 0.4) is 0 Å². The molecule has 1 aliphatic carbocycles. The van der Waals surface area contributed by atoms with Gasteiger partial charge in [-0.15, -0.1) is 29.1 Å². The molecule has 6 rings (SSSR count). The van der Waals surface area contributed by atoms with E-state index in [0.717, 1.165) is 33.2 Å². The van der Waals surface area contributed by atoms with E-state index in [1.54, 1.807) is 0 Å². The third-order valence-electron chi connectivity index (χ3n) is 9.97. The number of carbonyl (C=O) groups is 1. The second-order valence-corrected chi connectivity index (χ2v) is 18.1. The molecule has 0 unspecified atom stereocenters. The molecule has 0 aliphatic heterocycles. The Morgan fingerprint density at radius 1 is 0.816 bits per heavy atom. The van der Waals surface area contributed by atoms with Gasteiger partial charge in [0, 0.05) is 59.7 Å². The van der Waals surface area contributed by atoms with Gasteiger partial charge in [-0.25, -0.2) is 0 Å². The summed E-state index contributed by atoms with van der Waals surface area (Å²) in [6.45, 7) is 27.4. The predicted molar refractivity (Wildman–Crippen MR) is 202 cm³/mol. The van der Waals surface area contributed by atoms with Crippen LogP contribution in [0.25, 0.3) is 44.0 Å². The van der Waals surface area contributed by atoms with Crippen molar-refractivity contribution in [3.63, 3.8) is 0 Å². The third-order valence-corrected chi connectivity index (χ3v) is 9.97. The van der Waals surface area contributed by atoms with E-state index in [2.05, 4.69) is 103 Å². The number of ketones is 1. The molecule has 0 saturated heterocycles. The van der Waals surface area contributed by atoms with Crippen LogP contribution < -0.4 is 0 Å². The van der Waals surface area contributed by atoms with Gasteiger partial charge in [-0.1, -0.05) is 119 Å². The van der Waals surface area contributed by atoms with Crippen LogP contribution in [0.4, 0.5) is 0 Å². The van der Waals surface area contributed by atoms with Crippen molar-refractivity contribution < 1.29 is 34.4 Å². The van der Waals surface area contributed by atoms with Gasteiger partial charge in [0.2, 0.25) is 0 Å². The standard InChI is InChI=1S/C33H34NO.C11H20O2.Ir/c1-31(2,3)25-17-21(16-20-10-8-9-11-22(20)25)29-30-23(12-15-34-29)24-18-26-27(19-28(24)35-30)33(6,7)14-13-32(26,4)5;1-10(2,3)8(12)7-9(13)11(4,5)6;/h8-12,15,17-19H,13-14H2,1-7H3;7,12H,1-6H3;/q-1;;/b;8-7-;. The van der Waals surface area contributed by atoms with E-state index < -0.39 is 5.41 Å². The number of nitrogens with zero attached hydrogens (tertiary/aromatic N) is 1. The van der Waals surface area contributed by atoms with Crippen LogP contribution in [0.1, 0.15) is 120 Å². The van der Waals surface area contributed by atoms with Crippen LogP contribution in [-0.2, 0) is 41.1 Å². The maximum absolute atomic E-state index is 11.5. The molecule has 3 aromatic carbocycles. The SMILES string of the molecule is CC(C)(C)C(=O)/C=C(\O)C(C)(C)C.CC(C)(C)c1cc(-c2nccc3c2oc2cc4c(cc23)C(C)(C)CCC4(C)C)[c-]c2ccccc12.[Ir]. The number of benzene rings is 3. The first-order valence-electron chi connectivity index (χ1n) is 17.3. The quantitative estimate of drug-likeness (QED) is 0.109. The Bertz CT molecular complexity index is 2060. The molecule has 0 amide bonds. The molecule has 1 radical (unpaired) electrons. The van der Waals surface area contributed by atoms with Crippen LogP contribution in [0.15, 0.2) is 71.0 Å². The number of hydrogen-bond donors (Lipinski definition) is 1. The molecule has 5 aromatic rings. The summed E-state index contributed by atoms with van der Waals surface area (Å²) in [5, 5.41) is 14.2. The summed E-state index contributed by atoms with van der Waals surface area (Å²) in [6.07, 6.45) is 5.64. The van der Waals surface area contributed by atoms with Gasteiger partial charge in [-0.3, -0.25) is 9.78 Å². The largest absolute Gasteiger partial charge is 0.512 e. The molecule has 4 nitrogen and oxygen atoms in total. The van der Waals surface area contributed by atoms with Crippen LogP contribution in [-0.4, -0.2) is 15.9 Å². The summed E-state index contributed by atoms with van der Waals surface area (Å²) in [4.78, 5) is 16.3. The fourth-order valence-electron chi connectivity index (χ4n) is 6.49. The van der Waals surface area contributed by atoms with E-state index in [0.29, 0.717) is 0 Å². The van der Waals surface area contributed by atoms with Crippen LogP contribution in [0.2, 0.25) is 0 Å². The van der Waals surface area contributed by atoms with Crippen LogP contribution in [0, 0.1) is 16.9 Å².